The Morgan fingerprint density at radius 2 is 1.81 bits per heavy atom. The van der Waals surface area contributed by atoms with Crippen molar-refractivity contribution in [2.75, 3.05) is 0 Å². The van der Waals surface area contributed by atoms with E-state index in [0.29, 0.717) is 30.6 Å². The molecule has 2 aliphatic carbocycles. The first kappa shape index (κ1) is 19.8. The number of rotatable bonds is 8. The summed E-state index contributed by atoms with van der Waals surface area (Å²) >= 11 is 0. The summed E-state index contributed by atoms with van der Waals surface area (Å²) in [5.41, 5.74) is 2.54. The zero-order valence-electron chi connectivity index (χ0n) is 17.6. The van der Waals surface area contributed by atoms with Crippen molar-refractivity contribution in [3.8, 4) is 17.3 Å². The van der Waals surface area contributed by atoms with Crippen LogP contribution in [0.1, 0.15) is 43.9 Å². The predicted molar refractivity (Wildman–Crippen MR) is 116 cm³/mol. The minimum atomic E-state index is -0.299. The van der Waals surface area contributed by atoms with Crippen LogP contribution in [0.3, 0.4) is 0 Å². The Morgan fingerprint density at radius 1 is 1.10 bits per heavy atom. The SMILES string of the molecule is CCc1nn(-c2ccc(F)cc2)c(Oc2ccccc2)c1CN(C(=O)C1CC1)C1CC1. The summed E-state index contributed by atoms with van der Waals surface area (Å²) in [5, 5.41) is 4.81. The number of amides is 1. The molecule has 0 atom stereocenters. The molecule has 2 aliphatic rings. The monoisotopic (exact) mass is 419 g/mol. The molecule has 3 aromatic rings. The van der Waals surface area contributed by atoms with Crippen molar-refractivity contribution in [1.29, 1.82) is 0 Å². The maximum absolute atomic E-state index is 13.5. The highest BCUT2D eigenvalue weighted by molar-refractivity contribution is 5.81. The van der Waals surface area contributed by atoms with E-state index in [1.807, 2.05) is 35.2 Å². The van der Waals surface area contributed by atoms with Gasteiger partial charge in [-0.05, 0) is 68.5 Å². The van der Waals surface area contributed by atoms with Crippen LogP contribution < -0.4 is 4.74 Å². The maximum Gasteiger partial charge on any atom is 0.227 e. The van der Waals surface area contributed by atoms with E-state index in [0.717, 1.165) is 42.6 Å². The van der Waals surface area contributed by atoms with Crippen LogP contribution >= 0.6 is 0 Å². The average molecular weight is 420 g/mol. The number of benzene rings is 2. The van der Waals surface area contributed by atoms with E-state index in [4.69, 9.17) is 9.84 Å². The summed E-state index contributed by atoms with van der Waals surface area (Å²) in [7, 11) is 0. The fourth-order valence-electron chi connectivity index (χ4n) is 3.89. The van der Waals surface area contributed by atoms with E-state index in [1.54, 1.807) is 16.8 Å². The summed E-state index contributed by atoms with van der Waals surface area (Å²) in [6, 6.07) is 16.1. The van der Waals surface area contributed by atoms with Crippen LogP contribution in [-0.4, -0.2) is 26.6 Å². The first-order valence-corrected chi connectivity index (χ1v) is 11.0. The fourth-order valence-corrected chi connectivity index (χ4v) is 3.89. The number of halogens is 1. The Labute approximate surface area is 181 Å². The van der Waals surface area contributed by atoms with Crippen molar-refractivity contribution in [2.45, 2.75) is 51.6 Å². The number of carbonyl (C=O) groups excluding carboxylic acids is 1. The van der Waals surface area contributed by atoms with Crippen molar-refractivity contribution in [1.82, 2.24) is 14.7 Å². The molecule has 2 aromatic carbocycles. The van der Waals surface area contributed by atoms with Gasteiger partial charge >= 0.3 is 0 Å². The smallest absolute Gasteiger partial charge is 0.227 e. The summed E-state index contributed by atoms with van der Waals surface area (Å²) in [4.78, 5) is 15.0. The van der Waals surface area contributed by atoms with Gasteiger partial charge in [0.25, 0.3) is 0 Å². The second kappa shape index (κ2) is 8.17. The Morgan fingerprint density at radius 3 is 2.42 bits per heavy atom. The second-order valence-electron chi connectivity index (χ2n) is 8.36. The number of ether oxygens (including phenoxy) is 1. The van der Waals surface area contributed by atoms with Gasteiger partial charge in [0.15, 0.2) is 0 Å². The Kier molecular flexibility index (Phi) is 5.22. The minimum Gasteiger partial charge on any atom is -0.439 e. The van der Waals surface area contributed by atoms with E-state index in [-0.39, 0.29) is 17.6 Å². The minimum absolute atomic E-state index is 0.177. The maximum atomic E-state index is 13.5. The van der Waals surface area contributed by atoms with Crippen molar-refractivity contribution < 1.29 is 13.9 Å². The summed E-state index contributed by atoms with van der Waals surface area (Å²) in [6.45, 7) is 2.55. The lowest BCUT2D eigenvalue weighted by atomic mass is 10.1. The van der Waals surface area contributed by atoms with Crippen molar-refractivity contribution in [3.05, 3.63) is 71.7 Å². The molecule has 5 nitrogen and oxygen atoms in total. The molecule has 0 aliphatic heterocycles. The summed E-state index contributed by atoms with van der Waals surface area (Å²) in [6.07, 6.45) is 4.81. The number of para-hydroxylation sites is 1. The van der Waals surface area contributed by atoms with E-state index in [2.05, 4.69) is 6.92 Å². The molecule has 1 aromatic heterocycles. The highest BCUT2D eigenvalue weighted by Gasteiger charge is 2.41. The van der Waals surface area contributed by atoms with Gasteiger partial charge in [-0.1, -0.05) is 25.1 Å². The van der Waals surface area contributed by atoms with Gasteiger partial charge in [-0.3, -0.25) is 4.79 Å². The van der Waals surface area contributed by atoms with Gasteiger partial charge in [0.05, 0.1) is 23.5 Å². The molecule has 0 N–H and O–H groups in total. The van der Waals surface area contributed by atoms with Crippen LogP contribution in [0.2, 0.25) is 0 Å². The Bertz CT molecular complexity index is 1070. The van der Waals surface area contributed by atoms with Gasteiger partial charge in [0.1, 0.15) is 11.6 Å². The Balaban J connectivity index is 1.57. The molecule has 6 heteroatoms. The lowest BCUT2D eigenvalue weighted by molar-refractivity contribution is -0.133. The first-order valence-electron chi connectivity index (χ1n) is 11.0. The topological polar surface area (TPSA) is 47.4 Å². The van der Waals surface area contributed by atoms with E-state index >= 15 is 0 Å². The first-order chi connectivity index (χ1) is 15.1. The highest BCUT2D eigenvalue weighted by Crippen LogP contribution is 2.39. The molecule has 1 heterocycles. The van der Waals surface area contributed by atoms with Gasteiger partial charge in [-0.2, -0.15) is 5.10 Å². The van der Waals surface area contributed by atoms with E-state index in [9.17, 15) is 9.18 Å². The standard InChI is InChI=1S/C25H26FN3O2/c1-2-23-22(16-28(19-14-15-19)24(30)17-8-9-17)25(31-21-6-4-3-5-7-21)29(27-23)20-12-10-18(26)11-13-20/h3-7,10-13,17,19H,2,8-9,14-16H2,1H3. The van der Waals surface area contributed by atoms with Gasteiger partial charge in [-0.15, -0.1) is 0 Å². The molecule has 0 radical (unpaired) electrons. The third kappa shape index (κ3) is 4.20. The molecule has 0 unspecified atom stereocenters. The van der Waals surface area contributed by atoms with Gasteiger partial charge in [0, 0.05) is 12.0 Å². The summed E-state index contributed by atoms with van der Waals surface area (Å²) in [5.74, 6) is 1.42. The fraction of sp³-hybridized carbons (Fsp3) is 0.360. The largest absolute Gasteiger partial charge is 0.439 e. The third-order valence-corrected chi connectivity index (χ3v) is 5.91. The van der Waals surface area contributed by atoms with Crippen LogP contribution in [0, 0.1) is 11.7 Å². The second-order valence-corrected chi connectivity index (χ2v) is 8.36. The zero-order chi connectivity index (χ0) is 21.4. The highest BCUT2D eigenvalue weighted by atomic mass is 19.1. The molecule has 5 rings (SSSR count). The number of carbonyl (C=O) groups is 1. The molecule has 0 bridgehead atoms. The third-order valence-electron chi connectivity index (χ3n) is 5.91. The molecule has 2 fully saturated rings. The molecule has 2 saturated carbocycles. The molecule has 160 valence electrons. The van der Waals surface area contributed by atoms with Crippen LogP contribution in [0.5, 0.6) is 11.6 Å². The normalized spacial score (nSPS) is 15.7. The summed E-state index contributed by atoms with van der Waals surface area (Å²) < 4.78 is 21.6. The van der Waals surface area contributed by atoms with E-state index in [1.165, 1.54) is 12.1 Å². The number of nitrogens with zero attached hydrogens (tertiary/aromatic N) is 3. The average Bonchev–Trinajstić information content (AvgIpc) is 3.71. The number of hydrogen-bond donors (Lipinski definition) is 0. The molecule has 0 spiro atoms. The van der Waals surface area contributed by atoms with Crippen LogP contribution in [0.25, 0.3) is 5.69 Å². The molecule has 0 saturated heterocycles. The van der Waals surface area contributed by atoms with Gasteiger partial charge in [-0.25, -0.2) is 9.07 Å². The number of hydrogen-bond acceptors (Lipinski definition) is 3. The van der Waals surface area contributed by atoms with Crippen LogP contribution in [0.4, 0.5) is 4.39 Å². The lowest BCUT2D eigenvalue weighted by Crippen LogP contribution is -2.34. The van der Waals surface area contributed by atoms with E-state index < -0.39 is 0 Å². The van der Waals surface area contributed by atoms with Gasteiger partial charge in [0.2, 0.25) is 11.8 Å². The number of aromatic nitrogens is 2. The van der Waals surface area contributed by atoms with Crippen molar-refractivity contribution >= 4 is 5.91 Å². The van der Waals surface area contributed by atoms with Crippen LogP contribution in [-0.2, 0) is 17.8 Å². The molecular formula is C25H26FN3O2. The quantitative estimate of drug-likeness (QED) is 0.500. The Hall–Kier alpha value is -3.15. The zero-order valence-corrected chi connectivity index (χ0v) is 17.6. The lowest BCUT2D eigenvalue weighted by Gasteiger charge is -2.23. The van der Waals surface area contributed by atoms with Crippen molar-refractivity contribution in [2.24, 2.45) is 5.92 Å². The van der Waals surface area contributed by atoms with Crippen LogP contribution in [0.15, 0.2) is 54.6 Å². The molecule has 31 heavy (non-hydrogen) atoms. The predicted octanol–water partition coefficient (Wildman–Crippen LogP) is 5.27. The number of aryl methyl sites for hydroxylation is 1. The molecular weight excluding hydrogens is 393 g/mol. The molecule has 1 amide bonds. The van der Waals surface area contributed by atoms with Crippen molar-refractivity contribution in [3.63, 3.8) is 0 Å². The van der Waals surface area contributed by atoms with Gasteiger partial charge < -0.3 is 9.64 Å².